The van der Waals surface area contributed by atoms with E-state index in [1.54, 1.807) is 12.0 Å². The van der Waals surface area contributed by atoms with Crippen LogP contribution in [0, 0.1) is 5.41 Å². The van der Waals surface area contributed by atoms with E-state index >= 15 is 0 Å². The number of benzene rings is 1. The monoisotopic (exact) mass is 490 g/mol. The number of ether oxygens (including phenoxy) is 2. The van der Waals surface area contributed by atoms with Gasteiger partial charge >= 0.3 is 6.36 Å². The Balaban J connectivity index is 1.39. The molecule has 1 aromatic carbocycles. The van der Waals surface area contributed by atoms with Crippen LogP contribution in [0.5, 0.6) is 5.75 Å². The first-order valence-corrected chi connectivity index (χ1v) is 12.8. The molecule has 7 nitrogen and oxygen atoms in total. The van der Waals surface area contributed by atoms with E-state index in [1.165, 1.54) is 28.6 Å². The largest absolute Gasteiger partial charge is 0.573 e. The van der Waals surface area contributed by atoms with Crippen molar-refractivity contribution in [1.29, 1.82) is 0 Å². The summed E-state index contributed by atoms with van der Waals surface area (Å²) in [6.45, 7) is 0.998. The van der Waals surface area contributed by atoms with Crippen LogP contribution in [-0.4, -0.2) is 63.1 Å². The Labute approximate surface area is 191 Å². The maximum atomic E-state index is 13.3. The molecule has 4 rings (SSSR count). The van der Waals surface area contributed by atoms with E-state index in [9.17, 15) is 26.4 Å². The highest BCUT2D eigenvalue weighted by molar-refractivity contribution is 7.89. The Hall–Kier alpha value is -1.85. The van der Waals surface area contributed by atoms with Crippen molar-refractivity contribution in [3.05, 3.63) is 24.3 Å². The van der Waals surface area contributed by atoms with Crippen LogP contribution in [0.1, 0.15) is 44.9 Å². The molecule has 2 saturated heterocycles. The number of rotatable bonds is 6. The molecule has 33 heavy (non-hydrogen) atoms. The minimum absolute atomic E-state index is 0.0318. The highest BCUT2D eigenvalue weighted by atomic mass is 32.2. The Morgan fingerprint density at radius 2 is 1.55 bits per heavy atom. The predicted molar refractivity (Wildman–Crippen MR) is 115 cm³/mol. The van der Waals surface area contributed by atoms with Crippen LogP contribution in [0.4, 0.5) is 18.9 Å². The van der Waals surface area contributed by atoms with Crippen molar-refractivity contribution in [2.45, 2.75) is 56.9 Å². The summed E-state index contributed by atoms with van der Waals surface area (Å²) in [5, 5.41) is 0. The number of carbonyl (C=O) groups is 1. The lowest BCUT2D eigenvalue weighted by molar-refractivity contribution is -0.274. The van der Waals surface area contributed by atoms with Crippen LogP contribution in [0.2, 0.25) is 0 Å². The first-order valence-electron chi connectivity index (χ1n) is 11.2. The van der Waals surface area contributed by atoms with Gasteiger partial charge in [-0.3, -0.25) is 4.79 Å². The molecule has 1 aliphatic carbocycles. The highest BCUT2D eigenvalue weighted by Gasteiger charge is 2.50. The Kier molecular flexibility index (Phi) is 6.43. The second kappa shape index (κ2) is 8.74. The lowest BCUT2D eigenvalue weighted by Crippen LogP contribution is -2.50. The van der Waals surface area contributed by atoms with Crippen LogP contribution in [0.3, 0.4) is 0 Å². The van der Waals surface area contributed by atoms with E-state index < -0.39 is 27.4 Å². The Bertz CT molecular complexity index is 967. The van der Waals surface area contributed by atoms with Crippen LogP contribution in [0.25, 0.3) is 0 Å². The van der Waals surface area contributed by atoms with Crippen molar-refractivity contribution in [3.8, 4) is 5.75 Å². The van der Waals surface area contributed by atoms with Gasteiger partial charge in [0.15, 0.2) is 0 Å². The number of methoxy groups -OCH3 is 1. The molecule has 0 radical (unpaired) electrons. The third-order valence-corrected chi connectivity index (χ3v) is 9.40. The summed E-state index contributed by atoms with van der Waals surface area (Å²) < 4.78 is 74.2. The molecule has 2 aliphatic heterocycles. The molecule has 3 aliphatic rings. The minimum atomic E-state index is -4.77. The van der Waals surface area contributed by atoms with Crippen molar-refractivity contribution < 1.29 is 35.9 Å². The fraction of sp³-hybridized carbons (Fsp3) is 0.682. The number of sulfonamides is 1. The first-order chi connectivity index (χ1) is 15.5. The normalized spacial score (nSPS) is 23.4. The van der Waals surface area contributed by atoms with E-state index in [0.717, 1.165) is 25.7 Å². The maximum absolute atomic E-state index is 13.3. The number of hydrogen-bond acceptors (Lipinski definition) is 5. The van der Waals surface area contributed by atoms with Crippen molar-refractivity contribution >= 4 is 21.6 Å². The van der Waals surface area contributed by atoms with E-state index in [1.807, 2.05) is 0 Å². The van der Waals surface area contributed by atoms with Gasteiger partial charge in [-0.15, -0.1) is 13.2 Å². The van der Waals surface area contributed by atoms with Gasteiger partial charge in [-0.25, -0.2) is 12.7 Å². The van der Waals surface area contributed by atoms with E-state index in [0.29, 0.717) is 31.5 Å². The second-order valence-corrected chi connectivity index (χ2v) is 11.2. The number of halogens is 3. The number of piperidine rings is 1. The second-order valence-electron chi connectivity index (χ2n) is 9.28. The third-order valence-electron chi connectivity index (χ3n) is 7.36. The van der Waals surface area contributed by atoms with Crippen molar-refractivity contribution in [2.75, 3.05) is 37.4 Å². The number of nitrogens with zero attached hydrogens (tertiary/aromatic N) is 2. The number of alkyl halides is 3. The molecule has 0 N–H and O–H groups in total. The van der Waals surface area contributed by atoms with Crippen molar-refractivity contribution in [1.82, 2.24) is 4.31 Å². The molecular formula is C22H29F3N2O5S. The Morgan fingerprint density at radius 3 is 2.09 bits per heavy atom. The molecular weight excluding hydrogens is 461 g/mol. The fourth-order valence-electron chi connectivity index (χ4n) is 5.40. The lowest BCUT2D eigenvalue weighted by Gasteiger charge is -2.38. The summed E-state index contributed by atoms with van der Waals surface area (Å²) in [6, 6.07) is 5.24. The van der Waals surface area contributed by atoms with Gasteiger partial charge < -0.3 is 14.4 Å². The topological polar surface area (TPSA) is 76.2 Å². The number of hydrogen-bond donors (Lipinski definition) is 0. The van der Waals surface area contributed by atoms with Gasteiger partial charge in [0.05, 0.1) is 16.8 Å². The van der Waals surface area contributed by atoms with Crippen molar-refractivity contribution in [3.63, 3.8) is 0 Å². The van der Waals surface area contributed by atoms with E-state index in [4.69, 9.17) is 4.74 Å². The highest BCUT2D eigenvalue weighted by Crippen LogP contribution is 2.44. The summed E-state index contributed by atoms with van der Waals surface area (Å²) in [6.07, 6.45) is 0.0575. The zero-order chi connectivity index (χ0) is 23.9. The average Bonchev–Trinajstić information content (AvgIpc) is 3.34. The quantitative estimate of drug-likeness (QED) is 0.608. The molecule has 1 aromatic rings. The number of carbonyl (C=O) groups excluding carboxylic acids is 1. The van der Waals surface area contributed by atoms with Crippen LogP contribution < -0.4 is 9.64 Å². The van der Waals surface area contributed by atoms with Gasteiger partial charge in [0.1, 0.15) is 5.75 Å². The van der Waals surface area contributed by atoms with Gasteiger partial charge in [0.2, 0.25) is 15.9 Å². The first kappa shape index (κ1) is 24.3. The molecule has 11 heteroatoms. The van der Waals surface area contributed by atoms with E-state index in [-0.39, 0.29) is 30.5 Å². The SMILES string of the molecule is COC1(CS(=O)(=O)N2CCC3(CCN(c4ccc(OC(F)(F)F)cc4)C3=O)CC2)CCCC1. The van der Waals surface area contributed by atoms with Crippen LogP contribution in [0.15, 0.2) is 24.3 Å². The van der Waals surface area contributed by atoms with Gasteiger partial charge in [0, 0.05) is 32.4 Å². The maximum Gasteiger partial charge on any atom is 0.573 e. The van der Waals surface area contributed by atoms with Gasteiger partial charge in [-0.05, 0) is 56.4 Å². The molecule has 0 aromatic heterocycles. The van der Waals surface area contributed by atoms with Crippen molar-refractivity contribution in [2.24, 2.45) is 5.41 Å². The van der Waals surface area contributed by atoms with Gasteiger partial charge in [-0.1, -0.05) is 12.8 Å². The molecule has 1 amide bonds. The zero-order valence-corrected chi connectivity index (χ0v) is 19.4. The summed E-state index contributed by atoms with van der Waals surface area (Å²) in [7, 11) is -1.94. The standard InChI is InChI=1S/C22H29F3N2O5S/c1-31-21(8-2-3-9-21)16-33(29,30)26-13-10-20(11-14-26)12-15-27(19(20)28)17-4-6-18(7-5-17)32-22(23,24)25/h4-7H,2-3,8-16H2,1H3. The summed E-state index contributed by atoms with van der Waals surface area (Å²) >= 11 is 0. The number of amides is 1. The molecule has 184 valence electrons. The fourth-order valence-corrected chi connectivity index (χ4v) is 7.39. The summed E-state index contributed by atoms with van der Waals surface area (Å²) in [5.74, 6) is -0.481. The number of anilines is 1. The van der Waals surface area contributed by atoms with Crippen LogP contribution in [-0.2, 0) is 19.6 Å². The molecule has 3 fully saturated rings. The average molecular weight is 491 g/mol. The van der Waals surface area contributed by atoms with Gasteiger partial charge in [-0.2, -0.15) is 0 Å². The molecule has 0 atom stereocenters. The molecule has 0 bridgehead atoms. The third kappa shape index (κ3) is 5.00. The smallest absolute Gasteiger partial charge is 0.406 e. The Morgan fingerprint density at radius 1 is 0.970 bits per heavy atom. The van der Waals surface area contributed by atoms with Gasteiger partial charge in [0.25, 0.3) is 0 Å². The molecule has 0 unspecified atom stereocenters. The minimum Gasteiger partial charge on any atom is -0.406 e. The predicted octanol–water partition coefficient (Wildman–Crippen LogP) is 3.69. The van der Waals surface area contributed by atoms with Crippen LogP contribution >= 0.6 is 0 Å². The summed E-state index contributed by atoms with van der Waals surface area (Å²) in [4.78, 5) is 14.8. The lowest BCUT2D eigenvalue weighted by atomic mass is 9.77. The molecule has 1 spiro atoms. The molecule has 2 heterocycles. The zero-order valence-electron chi connectivity index (χ0n) is 18.6. The van der Waals surface area contributed by atoms with E-state index in [2.05, 4.69) is 4.74 Å². The summed E-state index contributed by atoms with van der Waals surface area (Å²) in [5.41, 5.74) is -0.750. The molecule has 1 saturated carbocycles.